The Kier molecular flexibility index (Phi) is 25.9. The summed E-state index contributed by atoms with van der Waals surface area (Å²) in [5.74, 6) is -0.774. The van der Waals surface area contributed by atoms with Gasteiger partial charge in [0.1, 0.15) is 6.61 Å². The van der Waals surface area contributed by atoms with Gasteiger partial charge in [-0.15, -0.1) is 0 Å². The molecule has 0 amide bonds. The third-order valence-corrected chi connectivity index (χ3v) is 6.48. The number of carbonyl (C=O) groups excluding carboxylic acids is 4. The van der Waals surface area contributed by atoms with Crippen LogP contribution in [0.25, 0.3) is 0 Å². The van der Waals surface area contributed by atoms with Gasteiger partial charge in [-0.2, -0.15) is 0 Å². The molecule has 0 aliphatic heterocycles. The molecular weight excluding hydrogens is 502 g/mol. The normalized spacial score (nSPS) is 10.9. The Morgan fingerprint density at radius 2 is 0.923 bits per heavy atom. The number of unbranched alkanes of at least 4 members (excludes halogenated alkanes) is 14. The summed E-state index contributed by atoms with van der Waals surface area (Å²) in [6, 6.07) is 0. The van der Waals surface area contributed by atoms with Gasteiger partial charge in [-0.3, -0.25) is 24.1 Å². The number of likely N-dealkylation sites (N-methyl/N-ethyl adjacent to an activating group) is 1. The van der Waals surface area contributed by atoms with Crippen molar-refractivity contribution in [1.82, 2.24) is 4.90 Å². The Labute approximate surface area is 236 Å². The molecule has 0 rings (SSSR count). The van der Waals surface area contributed by atoms with Crippen LogP contribution in [0.2, 0.25) is 0 Å². The Morgan fingerprint density at radius 3 is 1.38 bits per heavy atom. The van der Waals surface area contributed by atoms with Crippen LogP contribution in [0, 0.1) is 0 Å². The fraction of sp³-hybridized carbons (Fsp3) is 0.867. The lowest BCUT2D eigenvalue weighted by molar-refractivity contribution is -0.146. The summed E-state index contributed by atoms with van der Waals surface area (Å²) < 4.78 is 20.1. The van der Waals surface area contributed by atoms with Gasteiger partial charge in [-0.1, -0.05) is 77.0 Å². The summed E-state index contributed by atoms with van der Waals surface area (Å²) >= 11 is 0. The van der Waals surface area contributed by atoms with Crippen molar-refractivity contribution < 1.29 is 38.1 Å². The van der Waals surface area contributed by atoms with E-state index in [9.17, 15) is 19.2 Å². The van der Waals surface area contributed by atoms with Crippen LogP contribution in [-0.4, -0.2) is 75.8 Å². The van der Waals surface area contributed by atoms with Crippen molar-refractivity contribution in [2.45, 2.75) is 122 Å². The van der Waals surface area contributed by atoms with Gasteiger partial charge in [0.25, 0.3) is 0 Å². The smallest absolute Gasteiger partial charge is 0.320 e. The van der Waals surface area contributed by atoms with E-state index in [0.717, 1.165) is 77.0 Å². The Morgan fingerprint density at radius 1 is 0.513 bits per heavy atom. The quantitative estimate of drug-likeness (QED) is 0.0707. The second kappa shape index (κ2) is 27.4. The van der Waals surface area contributed by atoms with Gasteiger partial charge < -0.3 is 18.9 Å². The summed E-state index contributed by atoms with van der Waals surface area (Å²) in [6.45, 7) is 3.30. The predicted octanol–water partition coefficient (Wildman–Crippen LogP) is 5.76. The van der Waals surface area contributed by atoms with E-state index in [4.69, 9.17) is 14.2 Å². The monoisotopic (exact) mass is 557 g/mol. The molecule has 9 heteroatoms. The lowest BCUT2D eigenvalue weighted by Gasteiger charge is -2.15. The number of esters is 4. The van der Waals surface area contributed by atoms with Gasteiger partial charge in [-0.05, 0) is 32.7 Å². The Balaban J connectivity index is 3.32. The first-order valence-corrected chi connectivity index (χ1v) is 15.0. The fourth-order valence-corrected chi connectivity index (χ4v) is 4.10. The third kappa shape index (κ3) is 28.7. The first-order valence-electron chi connectivity index (χ1n) is 15.0. The number of nitrogens with zero attached hydrogens (tertiary/aromatic N) is 1. The first-order chi connectivity index (χ1) is 18.8. The molecule has 0 aromatic heterocycles. The molecule has 0 radical (unpaired) electrons. The number of carbonyl (C=O) groups is 4. The number of rotatable bonds is 27. The molecule has 9 nitrogen and oxygen atoms in total. The van der Waals surface area contributed by atoms with Crippen LogP contribution in [-0.2, 0) is 38.1 Å². The summed E-state index contributed by atoms with van der Waals surface area (Å²) in [6.07, 6.45) is 18.2. The van der Waals surface area contributed by atoms with Crippen LogP contribution in [0.3, 0.4) is 0 Å². The van der Waals surface area contributed by atoms with Crippen LogP contribution in [0.4, 0.5) is 0 Å². The highest BCUT2D eigenvalue weighted by molar-refractivity contribution is 5.71. The minimum atomic E-state index is -0.321. The summed E-state index contributed by atoms with van der Waals surface area (Å²) in [7, 11) is 3.22. The highest BCUT2D eigenvalue weighted by atomic mass is 16.5. The zero-order chi connectivity index (χ0) is 29.0. The molecule has 0 N–H and O–H groups in total. The minimum Gasteiger partial charge on any atom is -0.469 e. The molecule has 0 aromatic rings. The Bertz CT molecular complexity index is 640. The predicted molar refractivity (Wildman–Crippen MR) is 151 cm³/mol. The van der Waals surface area contributed by atoms with E-state index >= 15 is 0 Å². The topological polar surface area (TPSA) is 108 Å². The molecule has 0 bridgehead atoms. The molecule has 0 atom stereocenters. The van der Waals surface area contributed by atoms with E-state index in [0.29, 0.717) is 32.6 Å². The van der Waals surface area contributed by atoms with Crippen LogP contribution in [0.1, 0.15) is 122 Å². The van der Waals surface area contributed by atoms with Crippen molar-refractivity contribution >= 4 is 23.9 Å². The Hall–Kier alpha value is -2.16. The standard InChI is InChI=1S/C30H55NO8/c1-27(32)37-25-22-31(2)26-30(35)39-24-19-15-11-7-6-10-14-18-23-38-29(34)21-17-13-9-5-4-8-12-16-20-28(33)36-3/h4-26H2,1-3H3. The largest absolute Gasteiger partial charge is 0.469 e. The maximum Gasteiger partial charge on any atom is 0.320 e. The maximum atomic E-state index is 11.8. The van der Waals surface area contributed by atoms with E-state index in [1.54, 1.807) is 11.9 Å². The fourth-order valence-electron chi connectivity index (χ4n) is 4.10. The maximum absolute atomic E-state index is 11.8. The van der Waals surface area contributed by atoms with Gasteiger partial charge in [0.05, 0.1) is 26.9 Å². The average Bonchev–Trinajstić information content (AvgIpc) is 2.89. The molecule has 0 spiro atoms. The molecule has 0 aliphatic rings. The molecule has 0 fully saturated rings. The summed E-state index contributed by atoms with van der Waals surface area (Å²) in [5.41, 5.74) is 0. The van der Waals surface area contributed by atoms with Gasteiger partial charge in [0.2, 0.25) is 0 Å². The van der Waals surface area contributed by atoms with Crippen molar-refractivity contribution in [3.63, 3.8) is 0 Å². The number of hydrogen-bond acceptors (Lipinski definition) is 9. The molecule has 0 heterocycles. The molecule has 39 heavy (non-hydrogen) atoms. The van der Waals surface area contributed by atoms with Crippen molar-refractivity contribution in [2.24, 2.45) is 0 Å². The zero-order valence-electron chi connectivity index (χ0n) is 25.0. The molecule has 228 valence electrons. The van der Waals surface area contributed by atoms with Crippen LogP contribution in [0.5, 0.6) is 0 Å². The molecule has 0 aromatic carbocycles. The highest BCUT2D eigenvalue weighted by Gasteiger charge is 2.08. The van der Waals surface area contributed by atoms with Crippen LogP contribution < -0.4 is 0 Å². The summed E-state index contributed by atoms with van der Waals surface area (Å²) in [5, 5.41) is 0. The van der Waals surface area contributed by atoms with Crippen LogP contribution in [0.15, 0.2) is 0 Å². The minimum absolute atomic E-state index is 0.0767. The van der Waals surface area contributed by atoms with E-state index < -0.39 is 0 Å². The van der Waals surface area contributed by atoms with Crippen molar-refractivity contribution in [1.29, 1.82) is 0 Å². The molecule has 0 aliphatic carbocycles. The lowest BCUT2D eigenvalue weighted by Crippen LogP contribution is -2.30. The third-order valence-electron chi connectivity index (χ3n) is 6.48. The second-order valence-corrected chi connectivity index (χ2v) is 10.3. The van der Waals surface area contributed by atoms with E-state index in [1.807, 2.05) is 0 Å². The van der Waals surface area contributed by atoms with E-state index in [1.165, 1.54) is 39.7 Å². The van der Waals surface area contributed by atoms with Gasteiger partial charge in [0, 0.05) is 26.3 Å². The van der Waals surface area contributed by atoms with Gasteiger partial charge >= 0.3 is 23.9 Å². The SMILES string of the molecule is COC(=O)CCCCCCCCCCC(=O)OCCCCCCCCCCOC(=O)CN(C)CCOC(C)=O. The van der Waals surface area contributed by atoms with Crippen molar-refractivity contribution in [3.05, 3.63) is 0 Å². The molecule has 0 unspecified atom stereocenters. The molecule has 0 saturated heterocycles. The van der Waals surface area contributed by atoms with Crippen LogP contribution >= 0.6 is 0 Å². The van der Waals surface area contributed by atoms with Gasteiger partial charge in [-0.25, -0.2) is 0 Å². The van der Waals surface area contributed by atoms with Crippen molar-refractivity contribution in [2.75, 3.05) is 47.1 Å². The van der Waals surface area contributed by atoms with Gasteiger partial charge in [0.15, 0.2) is 0 Å². The average molecular weight is 558 g/mol. The lowest BCUT2D eigenvalue weighted by atomic mass is 10.1. The molecular formula is C30H55NO8. The first kappa shape index (κ1) is 36.8. The molecule has 0 saturated carbocycles. The van der Waals surface area contributed by atoms with Crippen molar-refractivity contribution in [3.8, 4) is 0 Å². The highest BCUT2D eigenvalue weighted by Crippen LogP contribution is 2.12. The van der Waals surface area contributed by atoms with E-state index in [-0.39, 0.29) is 37.0 Å². The number of methoxy groups -OCH3 is 1. The number of hydrogen-bond donors (Lipinski definition) is 0. The summed E-state index contributed by atoms with van der Waals surface area (Å²) in [4.78, 5) is 47.2. The van der Waals surface area contributed by atoms with E-state index in [2.05, 4.69) is 4.74 Å². The zero-order valence-corrected chi connectivity index (χ0v) is 25.0. The number of ether oxygens (including phenoxy) is 4. The second-order valence-electron chi connectivity index (χ2n) is 10.3.